The molecule has 0 saturated carbocycles. The van der Waals surface area contributed by atoms with Gasteiger partial charge in [0.05, 0.1) is 5.56 Å². The molecular formula is C16H23IN2O. The van der Waals surface area contributed by atoms with Crippen molar-refractivity contribution >= 4 is 28.5 Å². The number of hydrogen-bond acceptors (Lipinski definition) is 2. The van der Waals surface area contributed by atoms with Gasteiger partial charge in [0.1, 0.15) is 0 Å². The number of carbonyl (C=O) groups is 1. The molecule has 1 aliphatic heterocycles. The lowest BCUT2D eigenvalue weighted by molar-refractivity contribution is 0.0728. The van der Waals surface area contributed by atoms with Crippen LogP contribution in [0.3, 0.4) is 0 Å². The van der Waals surface area contributed by atoms with Crippen molar-refractivity contribution in [2.45, 2.75) is 26.7 Å². The molecule has 0 radical (unpaired) electrons. The van der Waals surface area contributed by atoms with Crippen LogP contribution in [0.25, 0.3) is 0 Å². The van der Waals surface area contributed by atoms with E-state index in [4.69, 9.17) is 0 Å². The van der Waals surface area contributed by atoms with Crippen LogP contribution in [-0.4, -0.2) is 37.0 Å². The Morgan fingerprint density at radius 3 is 2.95 bits per heavy atom. The van der Waals surface area contributed by atoms with Gasteiger partial charge < -0.3 is 10.2 Å². The van der Waals surface area contributed by atoms with Gasteiger partial charge >= 0.3 is 0 Å². The monoisotopic (exact) mass is 386 g/mol. The predicted molar refractivity (Wildman–Crippen MR) is 91.1 cm³/mol. The van der Waals surface area contributed by atoms with Crippen LogP contribution in [0.5, 0.6) is 0 Å². The number of carbonyl (C=O) groups excluding carboxylic acids is 1. The van der Waals surface area contributed by atoms with Crippen molar-refractivity contribution in [3.63, 3.8) is 0 Å². The van der Waals surface area contributed by atoms with Crippen molar-refractivity contribution in [1.82, 2.24) is 10.2 Å². The van der Waals surface area contributed by atoms with Crippen LogP contribution < -0.4 is 5.32 Å². The summed E-state index contributed by atoms with van der Waals surface area (Å²) in [5, 5.41) is 3.42. The molecule has 1 saturated heterocycles. The van der Waals surface area contributed by atoms with Gasteiger partial charge in [-0.25, -0.2) is 0 Å². The Hall–Kier alpha value is -0.620. The largest absolute Gasteiger partial charge is 0.339 e. The van der Waals surface area contributed by atoms with Gasteiger partial charge in [-0.3, -0.25) is 4.79 Å². The molecule has 1 aromatic carbocycles. The second-order valence-electron chi connectivity index (χ2n) is 5.49. The zero-order valence-corrected chi connectivity index (χ0v) is 14.4. The summed E-state index contributed by atoms with van der Waals surface area (Å²) in [5.41, 5.74) is 2.02. The maximum absolute atomic E-state index is 12.7. The zero-order chi connectivity index (χ0) is 14.5. The normalized spacial score (nSPS) is 18.9. The summed E-state index contributed by atoms with van der Waals surface area (Å²) in [6.07, 6.45) is 2.44. The van der Waals surface area contributed by atoms with Crippen LogP contribution in [0.4, 0.5) is 0 Å². The van der Waals surface area contributed by atoms with Crippen LogP contribution in [0.2, 0.25) is 0 Å². The number of hydrogen-bond donors (Lipinski definition) is 1. The molecule has 1 atom stereocenters. The van der Waals surface area contributed by atoms with E-state index >= 15 is 0 Å². The smallest absolute Gasteiger partial charge is 0.254 e. The van der Waals surface area contributed by atoms with E-state index in [1.807, 2.05) is 17.0 Å². The number of rotatable bonds is 4. The minimum Gasteiger partial charge on any atom is -0.339 e. The number of amides is 1. The number of nitrogens with zero attached hydrogens (tertiary/aromatic N) is 1. The molecule has 0 aliphatic carbocycles. The summed E-state index contributed by atoms with van der Waals surface area (Å²) < 4.78 is 1.08. The molecule has 1 amide bonds. The van der Waals surface area contributed by atoms with Gasteiger partial charge in [0.2, 0.25) is 0 Å². The Bertz CT molecular complexity index is 470. The lowest BCUT2D eigenvalue weighted by Gasteiger charge is -2.30. The Morgan fingerprint density at radius 2 is 2.30 bits per heavy atom. The summed E-state index contributed by atoms with van der Waals surface area (Å²) in [4.78, 5) is 14.7. The fourth-order valence-corrected chi connectivity index (χ4v) is 3.32. The average molecular weight is 386 g/mol. The van der Waals surface area contributed by atoms with Crippen molar-refractivity contribution in [3.05, 3.63) is 32.9 Å². The molecule has 3 nitrogen and oxygen atoms in total. The first-order valence-corrected chi connectivity index (χ1v) is 8.46. The molecule has 2 rings (SSSR count). The van der Waals surface area contributed by atoms with Crippen molar-refractivity contribution in [1.29, 1.82) is 0 Å². The van der Waals surface area contributed by atoms with Gasteiger partial charge in [-0.1, -0.05) is 12.1 Å². The van der Waals surface area contributed by atoms with Crippen molar-refractivity contribution in [2.24, 2.45) is 5.92 Å². The highest BCUT2D eigenvalue weighted by atomic mass is 127. The van der Waals surface area contributed by atoms with Gasteiger partial charge in [0.15, 0.2) is 0 Å². The topological polar surface area (TPSA) is 32.3 Å². The SMILES string of the molecule is CCN(CC1CCCNC1)C(=O)c1cccc(C)c1I. The van der Waals surface area contributed by atoms with E-state index in [0.29, 0.717) is 5.92 Å². The fraction of sp³-hybridized carbons (Fsp3) is 0.562. The Labute approximate surface area is 135 Å². The lowest BCUT2D eigenvalue weighted by atomic mass is 9.98. The molecule has 1 aromatic rings. The summed E-state index contributed by atoms with van der Waals surface area (Å²) in [6, 6.07) is 5.97. The number of piperidine rings is 1. The molecule has 1 N–H and O–H groups in total. The molecule has 1 heterocycles. The van der Waals surface area contributed by atoms with Crippen LogP contribution in [-0.2, 0) is 0 Å². The van der Waals surface area contributed by atoms with E-state index in [2.05, 4.69) is 47.8 Å². The van der Waals surface area contributed by atoms with E-state index in [9.17, 15) is 4.79 Å². The highest BCUT2D eigenvalue weighted by Crippen LogP contribution is 2.20. The van der Waals surface area contributed by atoms with Crippen LogP contribution in [0, 0.1) is 16.4 Å². The van der Waals surface area contributed by atoms with Crippen molar-refractivity contribution in [3.8, 4) is 0 Å². The average Bonchev–Trinajstić information content (AvgIpc) is 2.48. The zero-order valence-electron chi connectivity index (χ0n) is 12.3. The van der Waals surface area contributed by atoms with Crippen molar-refractivity contribution in [2.75, 3.05) is 26.2 Å². The third-order valence-corrected chi connectivity index (χ3v) is 5.40. The van der Waals surface area contributed by atoms with Crippen LogP contribution in [0.1, 0.15) is 35.7 Å². The molecular weight excluding hydrogens is 363 g/mol. The molecule has 0 spiro atoms. The maximum atomic E-state index is 12.7. The first kappa shape index (κ1) is 15.8. The van der Waals surface area contributed by atoms with E-state index in [1.165, 1.54) is 18.4 Å². The molecule has 20 heavy (non-hydrogen) atoms. The van der Waals surface area contributed by atoms with Crippen LogP contribution in [0.15, 0.2) is 18.2 Å². The van der Waals surface area contributed by atoms with E-state index in [0.717, 1.165) is 35.3 Å². The van der Waals surface area contributed by atoms with Gasteiger partial charge in [-0.15, -0.1) is 0 Å². The summed E-state index contributed by atoms with van der Waals surface area (Å²) >= 11 is 2.28. The summed E-state index contributed by atoms with van der Waals surface area (Å²) in [5.74, 6) is 0.765. The van der Waals surface area contributed by atoms with Gasteiger partial charge in [-0.2, -0.15) is 0 Å². The van der Waals surface area contributed by atoms with Gasteiger partial charge in [0, 0.05) is 16.7 Å². The molecule has 1 unspecified atom stereocenters. The second-order valence-corrected chi connectivity index (χ2v) is 6.57. The third-order valence-electron chi connectivity index (χ3n) is 3.97. The minimum atomic E-state index is 0.172. The highest BCUT2D eigenvalue weighted by Gasteiger charge is 2.22. The number of aryl methyl sites for hydroxylation is 1. The second kappa shape index (κ2) is 7.41. The quantitative estimate of drug-likeness (QED) is 0.807. The number of nitrogens with one attached hydrogen (secondary N) is 1. The van der Waals surface area contributed by atoms with E-state index in [1.54, 1.807) is 0 Å². The minimum absolute atomic E-state index is 0.172. The van der Waals surface area contributed by atoms with E-state index in [-0.39, 0.29) is 5.91 Å². The summed E-state index contributed by atoms with van der Waals surface area (Å²) in [6.45, 7) is 7.92. The first-order valence-electron chi connectivity index (χ1n) is 7.38. The number of halogens is 1. The lowest BCUT2D eigenvalue weighted by Crippen LogP contribution is -2.41. The first-order chi connectivity index (χ1) is 9.63. The Morgan fingerprint density at radius 1 is 1.50 bits per heavy atom. The molecule has 1 fully saturated rings. The van der Waals surface area contributed by atoms with Crippen molar-refractivity contribution < 1.29 is 4.79 Å². The molecule has 1 aliphatic rings. The van der Waals surface area contributed by atoms with E-state index < -0.39 is 0 Å². The van der Waals surface area contributed by atoms with Gasteiger partial charge in [-0.05, 0) is 79.9 Å². The van der Waals surface area contributed by atoms with Crippen LogP contribution >= 0.6 is 22.6 Å². The highest BCUT2D eigenvalue weighted by molar-refractivity contribution is 14.1. The fourth-order valence-electron chi connectivity index (χ4n) is 2.73. The molecule has 0 bridgehead atoms. The maximum Gasteiger partial charge on any atom is 0.254 e. The van der Waals surface area contributed by atoms with Gasteiger partial charge in [0.25, 0.3) is 5.91 Å². The third kappa shape index (κ3) is 3.73. The summed E-state index contributed by atoms with van der Waals surface area (Å²) in [7, 11) is 0. The molecule has 110 valence electrons. The predicted octanol–water partition coefficient (Wildman–Crippen LogP) is 3.06. The Balaban J connectivity index is 2.10. The molecule has 0 aromatic heterocycles. The molecule has 4 heteroatoms. The number of benzene rings is 1. The standard InChI is InChI=1S/C16H23IN2O/c1-3-19(11-13-7-5-9-18-10-13)16(20)14-8-4-6-12(2)15(14)17/h4,6,8,13,18H,3,5,7,9-11H2,1-2H3. The Kier molecular flexibility index (Phi) is 5.84.